The van der Waals surface area contributed by atoms with E-state index >= 15 is 0 Å². The largest absolute Gasteiger partial charge is 0.366 e. The number of halogens is 1. The molecule has 4 N–H and O–H groups in total. The highest BCUT2D eigenvalue weighted by Crippen LogP contribution is 2.19. The first-order valence-electron chi connectivity index (χ1n) is 5.52. The van der Waals surface area contributed by atoms with Crippen molar-refractivity contribution in [2.75, 3.05) is 11.9 Å². The van der Waals surface area contributed by atoms with Gasteiger partial charge in [0, 0.05) is 11.7 Å². The highest BCUT2D eigenvalue weighted by Gasteiger charge is 2.09. The molecule has 0 aliphatic heterocycles. The second kappa shape index (κ2) is 6.37. The minimum Gasteiger partial charge on any atom is -0.366 e. The van der Waals surface area contributed by atoms with Crippen LogP contribution >= 0.6 is 11.6 Å². The summed E-state index contributed by atoms with van der Waals surface area (Å²) in [6.45, 7) is 4.09. The van der Waals surface area contributed by atoms with E-state index < -0.39 is 5.91 Å². The van der Waals surface area contributed by atoms with Gasteiger partial charge in [-0.15, -0.1) is 0 Å². The number of primary amides is 1. The predicted molar refractivity (Wildman–Crippen MR) is 71.7 cm³/mol. The molecule has 0 aliphatic rings. The third-order valence-electron chi connectivity index (χ3n) is 2.19. The summed E-state index contributed by atoms with van der Waals surface area (Å²) in [7, 11) is 0. The van der Waals surface area contributed by atoms with E-state index in [9.17, 15) is 9.59 Å². The molecular weight excluding hydrogens is 254 g/mol. The van der Waals surface area contributed by atoms with Crippen LogP contribution in [0.25, 0.3) is 0 Å². The van der Waals surface area contributed by atoms with Crippen LogP contribution in [0.3, 0.4) is 0 Å². The molecule has 0 bridgehead atoms. The Kier molecular flexibility index (Phi) is 5.12. The summed E-state index contributed by atoms with van der Waals surface area (Å²) in [4.78, 5) is 22.6. The van der Waals surface area contributed by atoms with Crippen LogP contribution < -0.4 is 16.4 Å². The van der Waals surface area contributed by atoms with Crippen molar-refractivity contribution in [3.05, 3.63) is 28.8 Å². The number of anilines is 1. The Bertz CT molecular complexity index is 461. The Hall–Kier alpha value is -1.59. The fourth-order valence-corrected chi connectivity index (χ4v) is 1.50. The summed E-state index contributed by atoms with van der Waals surface area (Å²) in [6, 6.07) is 4.81. The number of benzene rings is 1. The molecule has 0 atom stereocenters. The second-order valence-electron chi connectivity index (χ2n) is 4.14. The zero-order valence-electron chi connectivity index (χ0n) is 10.3. The lowest BCUT2D eigenvalue weighted by Crippen LogP contribution is -2.32. The minimum atomic E-state index is -0.628. The van der Waals surface area contributed by atoms with E-state index in [1.54, 1.807) is 6.07 Å². The average Bonchev–Trinajstić information content (AvgIpc) is 2.28. The molecule has 2 amide bonds. The molecule has 0 radical (unpaired) electrons. The maximum atomic E-state index is 11.6. The Morgan fingerprint density at radius 2 is 2.06 bits per heavy atom. The van der Waals surface area contributed by atoms with E-state index in [0.717, 1.165) is 0 Å². The van der Waals surface area contributed by atoms with E-state index in [0.29, 0.717) is 5.69 Å². The summed E-state index contributed by atoms with van der Waals surface area (Å²) in [5.74, 6) is -0.821. The molecule has 0 fully saturated rings. The van der Waals surface area contributed by atoms with Gasteiger partial charge >= 0.3 is 0 Å². The molecule has 6 heteroatoms. The Morgan fingerprint density at radius 1 is 1.39 bits per heavy atom. The van der Waals surface area contributed by atoms with Gasteiger partial charge < -0.3 is 16.4 Å². The summed E-state index contributed by atoms with van der Waals surface area (Å²) < 4.78 is 0. The molecular formula is C12H16ClN3O2. The lowest BCUT2D eigenvalue weighted by Gasteiger charge is -2.10. The van der Waals surface area contributed by atoms with Crippen LogP contribution in [0.2, 0.25) is 5.02 Å². The van der Waals surface area contributed by atoms with Crippen LogP contribution in [-0.2, 0) is 4.79 Å². The molecule has 0 heterocycles. The number of nitrogens with one attached hydrogen (secondary N) is 2. The molecule has 5 nitrogen and oxygen atoms in total. The van der Waals surface area contributed by atoms with Gasteiger partial charge in [-0.25, -0.2) is 0 Å². The van der Waals surface area contributed by atoms with Gasteiger partial charge in [-0.1, -0.05) is 25.4 Å². The first-order valence-corrected chi connectivity index (χ1v) is 5.90. The topological polar surface area (TPSA) is 84.2 Å². The molecule has 0 saturated carbocycles. The molecule has 0 saturated heterocycles. The molecule has 18 heavy (non-hydrogen) atoms. The third kappa shape index (κ3) is 4.35. The minimum absolute atomic E-state index is 0.186. The molecule has 1 rings (SSSR count). The van der Waals surface area contributed by atoms with Crippen LogP contribution in [0.4, 0.5) is 5.69 Å². The standard InChI is InChI=1S/C12H16ClN3O2/c1-7(2)15-6-11(17)16-8-3-4-10(13)9(5-8)12(14)18/h3-5,7,15H,6H2,1-2H3,(H2,14,18)(H,16,17). The van der Waals surface area contributed by atoms with Gasteiger partial charge in [-0.05, 0) is 18.2 Å². The number of carbonyl (C=O) groups excluding carboxylic acids is 2. The van der Waals surface area contributed by atoms with Crippen LogP contribution in [0.5, 0.6) is 0 Å². The number of hydrogen-bond donors (Lipinski definition) is 3. The molecule has 0 spiro atoms. The summed E-state index contributed by atoms with van der Waals surface area (Å²) >= 11 is 5.80. The fraction of sp³-hybridized carbons (Fsp3) is 0.333. The predicted octanol–water partition coefficient (Wildman–Crippen LogP) is 1.38. The zero-order chi connectivity index (χ0) is 13.7. The molecule has 1 aromatic carbocycles. The van der Waals surface area contributed by atoms with Gasteiger partial charge in [0.25, 0.3) is 0 Å². The normalized spacial score (nSPS) is 10.4. The van der Waals surface area contributed by atoms with Crippen LogP contribution in [0.1, 0.15) is 24.2 Å². The van der Waals surface area contributed by atoms with Gasteiger partial charge in [-0.3, -0.25) is 9.59 Å². The molecule has 0 aliphatic carbocycles. The van der Waals surface area contributed by atoms with Gasteiger partial charge in [0.05, 0.1) is 17.1 Å². The second-order valence-corrected chi connectivity index (χ2v) is 4.55. The number of nitrogens with two attached hydrogens (primary N) is 1. The van der Waals surface area contributed by atoms with Crippen molar-refractivity contribution in [3.8, 4) is 0 Å². The van der Waals surface area contributed by atoms with Gasteiger partial charge in [0.2, 0.25) is 11.8 Å². The zero-order valence-corrected chi connectivity index (χ0v) is 11.0. The highest BCUT2D eigenvalue weighted by molar-refractivity contribution is 6.33. The summed E-state index contributed by atoms with van der Waals surface area (Å²) in [5.41, 5.74) is 5.84. The van der Waals surface area contributed by atoms with Crippen molar-refractivity contribution in [2.45, 2.75) is 19.9 Å². The highest BCUT2D eigenvalue weighted by atomic mass is 35.5. The maximum Gasteiger partial charge on any atom is 0.250 e. The molecule has 1 aromatic rings. The van der Waals surface area contributed by atoms with Crippen LogP contribution in [0, 0.1) is 0 Å². The van der Waals surface area contributed by atoms with Crippen molar-refractivity contribution in [1.29, 1.82) is 0 Å². The van der Waals surface area contributed by atoms with Crippen LogP contribution in [0.15, 0.2) is 18.2 Å². The fourth-order valence-electron chi connectivity index (χ4n) is 1.29. The van der Waals surface area contributed by atoms with E-state index in [1.165, 1.54) is 12.1 Å². The number of rotatable bonds is 5. The smallest absolute Gasteiger partial charge is 0.250 e. The van der Waals surface area contributed by atoms with E-state index in [4.69, 9.17) is 17.3 Å². The Balaban J connectivity index is 2.70. The lowest BCUT2D eigenvalue weighted by molar-refractivity contribution is -0.115. The monoisotopic (exact) mass is 269 g/mol. The molecule has 0 unspecified atom stereocenters. The van der Waals surface area contributed by atoms with Crippen molar-refractivity contribution >= 4 is 29.1 Å². The lowest BCUT2D eigenvalue weighted by atomic mass is 10.2. The molecule has 98 valence electrons. The van der Waals surface area contributed by atoms with Gasteiger partial charge in [0.1, 0.15) is 0 Å². The van der Waals surface area contributed by atoms with E-state index in [-0.39, 0.29) is 29.1 Å². The first-order chi connectivity index (χ1) is 8.40. The number of carbonyl (C=O) groups is 2. The number of amides is 2. The summed E-state index contributed by atoms with van der Waals surface area (Å²) in [6.07, 6.45) is 0. The quantitative estimate of drug-likeness (QED) is 0.755. The third-order valence-corrected chi connectivity index (χ3v) is 2.52. The SMILES string of the molecule is CC(C)NCC(=O)Nc1ccc(Cl)c(C(N)=O)c1. The average molecular weight is 270 g/mol. The van der Waals surface area contributed by atoms with Crippen molar-refractivity contribution in [2.24, 2.45) is 5.73 Å². The maximum absolute atomic E-state index is 11.6. The van der Waals surface area contributed by atoms with E-state index in [2.05, 4.69) is 10.6 Å². The number of hydrogen-bond acceptors (Lipinski definition) is 3. The van der Waals surface area contributed by atoms with Crippen molar-refractivity contribution < 1.29 is 9.59 Å². The summed E-state index contributed by atoms with van der Waals surface area (Å²) in [5, 5.41) is 5.90. The molecule has 0 aromatic heterocycles. The van der Waals surface area contributed by atoms with Gasteiger partial charge in [-0.2, -0.15) is 0 Å². The van der Waals surface area contributed by atoms with Crippen molar-refractivity contribution in [1.82, 2.24) is 5.32 Å². The Morgan fingerprint density at radius 3 is 2.61 bits per heavy atom. The first kappa shape index (κ1) is 14.5. The van der Waals surface area contributed by atoms with Crippen molar-refractivity contribution in [3.63, 3.8) is 0 Å². The van der Waals surface area contributed by atoms with Crippen LogP contribution in [-0.4, -0.2) is 24.4 Å². The Labute approximate surface area is 111 Å². The van der Waals surface area contributed by atoms with Gasteiger partial charge in [0.15, 0.2) is 0 Å². The van der Waals surface area contributed by atoms with E-state index in [1.807, 2.05) is 13.8 Å².